The van der Waals surface area contributed by atoms with E-state index in [0.717, 1.165) is 28.1 Å². The molecule has 0 radical (unpaired) electrons. The average Bonchev–Trinajstić information content (AvgIpc) is 2.44. The maximum Gasteiger partial charge on any atom is 0.125 e. The summed E-state index contributed by atoms with van der Waals surface area (Å²) in [5, 5.41) is 4.43. The normalized spacial score (nSPS) is 10.7. The standard InChI is InChI=1S/C15H15N5/c1-10-17-6-4-12(20-10)9-19-14-5-7-18-15-8-11(16)2-3-13(14)15/h2-8H,9,16H2,1H3,(H,18,19). The number of hydrogen-bond acceptors (Lipinski definition) is 5. The monoisotopic (exact) mass is 265 g/mol. The lowest BCUT2D eigenvalue weighted by Gasteiger charge is -2.09. The first-order valence-electron chi connectivity index (χ1n) is 6.39. The molecule has 0 atom stereocenters. The van der Waals surface area contributed by atoms with Gasteiger partial charge in [-0.25, -0.2) is 9.97 Å². The number of nitrogens with two attached hydrogens (primary N) is 1. The van der Waals surface area contributed by atoms with Gasteiger partial charge < -0.3 is 11.1 Å². The number of anilines is 2. The molecule has 100 valence electrons. The summed E-state index contributed by atoms with van der Waals surface area (Å²) in [6, 6.07) is 9.58. The first-order valence-corrected chi connectivity index (χ1v) is 6.39. The molecule has 0 aliphatic carbocycles. The van der Waals surface area contributed by atoms with Crippen molar-refractivity contribution in [3.63, 3.8) is 0 Å². The summed E-state index contributed by atoms with van der Waals surface area (Å²) in [6.07, 6.45) is 3.54. The second-order valence-corrected chi connectivity index (χ2v) is 4.58. The number of aryl methyl sites for hydroxylation is 1. The van der Waals surface area contributed by atoms with E-state index in [2.05, 4.69) is 20.3 Å². The lowest BCUT2D eigenvalue weighted by Crippen LogP contribution is -2.04. The lowest BCUT2D eigenvalue weighted by atomic mass is 10.1. The fourth-order valence-corrected chi connectivity index (χ4v) is 2.11. The Morgan fingerprint density at radius 1 is 1.10 bits per heavy atom. The Labute approximate surface area is 116 Å². The smallest absolute Gasteiger partial charge is 0.125 e. The minimum Gasteiger partial charge on any atom is -0.399 e. The van der Waals surface area contributed by atoms with Crippen molar-refractivity contribution in [1.82, 2.24) is 15.0 Å². The Balaban J connectivity index is 1.87. The quantitative estimate of drug-likeness (QED) is 0.712. The summed E-state index contributed by atoms with van der Waals surface area (Å²) >= 11 is 0. The van der Waals surface area contributed by atoms with Crippen LogP contribution in [0.4, 0.5) is 11.4 Å². The Morgan fingerprint density at radius 2 is 1.95 bits per heavy atom. The molecule has 1 aromatic carbocycles. The average molecular weight is 265 g/mol. The van der Waals surface area contributed by atoms with E-state index in [1.165, 1.54) is 0 Å². The van der Waals surface area contributed by atoms with Crippen LogP contribution in [0.5, 0.6) is 0 Å². The van der Waals surface area contributed by atoms with Gasteiger partial charge in [-0.15, -0.1) is 0 Å². The van der Waals surface area contributed by atoms with Gasteiger partial charge in [0, 0.05) is 29.2 Å². The van der Waals surface area contributed by atoms with Crippen molar-refractivity contribution in [2.24, 2.45) is 0 Å². The van der Waals surface area contributed by atoms with E-state index in [-0.39, 0.29) is 0 Å². The molecule has 3 rings (SSSR count). The molecule has 0 saturated heterocycles. The van der Waals surface area contributed by atoms with Crippen LogP contribution >= 0.6 is 0 Å². The number of nitrogen functional groups attached to an aromatic ring is 1. The zero-order valence-corrected chi connectivity index (χ0v) is 11.2. The zero-order valence-electron chi connectivity index (χ0n) is 11.2. The molecule has 0 amide bonds. The van der Waals surface area contributed by atoms with Crippen LogP contribution in [0.2, 0.25) is 0 Å². The second kappa shape index (κ2) is 5.13. The molecule has 3 N–H and O–H groups in total. The van der Waals surface area contributed by atoms with Gasteiger partial charge in [0.1, 0.15) is 5.82 Å². The van der Waals surface area contributed by atoms with Crippen molar-refractivity contribution in [2.45, 2.75) is 13.5 Å². The van der Waals surface area contributed by atoms with Crippen LogP contribution in [0.15, 0.2) is 42.7 Å². The van der Waals surface area contributed by atoms with E-state index in [1.807, 2.05) is 37.3 Å². The minimum absolute atomic E-state index is 0.646. The molecule has 0 spiro atoms. The van der Waals surface area contributed by atoms with E-state index in [9.17, 15) is 0 Å². The van der Waals surface area contributed by atoms with Gasteiger partial charge in [-0.3, -0.25) is 4.98 Å². The third-order valence-electron chi connectivity index (χ3n) is 3.06. The van der Waals surface area contributed by atoms with Crippen LogP contribution in [0.1, 0.15) is 11.5 Å². The number of hydrogen-bond donors (Lipinski definition) is 2. The molecule has 5 heteroatoms. The summed E-state index contributed by atoms with van der Waals surface area (Å²) in [4.78, 5) is 12.8. The molecule has 0 fully saturated rings. The first kappa shape index (κ1) is 12.3. The topological polar surface area (TPSA) is 76.7 Å². The molecular formula is C15H15N5. The number of pyridine rings is 1. The van der Waals surface area contributed by atoms with Gasteiger partial charge in [-0.05, 0) is 37.3 Å². The zero-order chi connectivity index (χ0) is 13.9. The number of nitrogens with one attached hydrogen (secondary N) is 1. The van der Waals surface area contributed by atoms with Crippen LogP contribution in [0.25, 0.3) is 10.9 Å². The van der Waals surface area contributed by atoms with Gasteiger partial charge in [-0.1, -0.05) is 0 Å². The number of rotatable bonds is 3. The van der Waals surface area contributed by atoms with E-state index >= 15 is 0 Å². The van der Waals surface area contributed by atoms with Crippen molar-refractivity contribution in [3.8, 4) is 0 Å². The summed E-state index contributed by atoms with van der Waals surface area (Å²) < 4.78 is 0. The fraction of sp³-hybridized carbons (Fsp3) is 0.133. The molecule has 0 aliphatic rings. The highest BCUT2D eigenvalue weighted by Gasteiger charge is 2.03. The summed E-state index contributed by atoms with van der Waals surface area (Å²) in [7, 11) is 0. The predicted molar refractivity (Wildman–Crippen MR) is 80.3 cm³/mol. The van der Waals surface area contributed by atoms with Gasteiger partial charge in [0.2, 0.25) is 0 Å². The largest absolute Gasteiger partial charge is 0.399 e. The van der Waals surface area contributed by atoms with Crippen LogP contribution < -0.4 is 11.1 Å². The molecular weight excluding hydrogens is 250 g/mol. The van der Waals surface area contributed by atoms with Gasteiger partial charge in [-0.2, -0.15) is 0 Å². The lowest BCUT2D eigenvalue weighted by molar-refractivity contribution is 0.956. The van der Waals surface area contributed by atoms with E-state index in [0.29, 0.717) is 12.2 Å². The number of nitrogens with zero attached hydrogens (tertiary/aromatic N) is 3. The van der Waals surface area contributed by atoms with Crippen molar-refractivity contribution in [3.05, 3.63) is 54.2 Å². The third kappa shape index (κ3) is 2.51. The van der Waals surface area contributed by atoms with Crippen LogP contribution in [-0.2, 0) is 6.54 Å². The highest BCUT2D eigenvalue weighted by atomic mass is 14.9. The Morgan fingerprint density at radius 3 is 2.80 bits per heavy atom. The Kier molecular flexibility index (Phi) is 3.16. The second-order valence-electron chi connectivity index (χ2n) is 4.58. The van der Waals surface area contributed by atoms with E-state index < -0.39 is 0 Å². The maximum atomic E-state index is 5.78. The van der Waals surface area contributed by atoms with Gasteiger partial charge >= 0.3 is 0 Å². The molecule has 0 bridgehead atoms. The molecule has 2 aromatic heterocycles. The van der Waals surface area contributed by atoms with Gasteiger partial charge in [0.15, 0.2) is 0 Å². The third-order valence-corrected chi connectivity index (χ3v) is 3.06. The molecule has 5 nitrogen and oxygen atoms in total. The molecule has 0 aliphatic heterocycles. The van der Waals surface area contributed by atoms with E-state index in [4.69, 9.17) is 5.73 Å². The van der Waals surface area contributed by atoms with Crippen LogP contribution in [0, 0.1) is 6.92 Å². The SMILES string of the molecule is Cc1nccc(CNc2ccnc3cc(N)ccc23)n1. The Hall–Kier alpha value is -2.69. The summed E-state index contributed by atoms with van der Waals surface area (Å²) in [5.41, 5.74) is 9.35. The van der Waals surface area contributed by atoms with E-state index in [1.54, 1.807) is 12.4 Å². The minimum atomic E-state index is 0.646. The highest BCUT2D eigenvalue weighted by molar-refractivity contribution is 5.92. The molecule has 2 heterocycles. The first-order chi connectivity index (χ1) is 9.72. The van der Waals surface area contributed by atoms with Crippen molar-refractivity contribution >= 4 is 22.3 Å². The predicted octanol–water partition coefficient (Wildman–Crippen LogP) is 2.53. The van der Waals surface area contributed by atoms with Crippen LogP contribution in [-0.4, -0.2) is 15.0 Å². The van der Waals surface area contributed by atoms with Gasteiger partial charge in [0.05, 0.1) is 17.8 Å². The summed E-state index contributed by atoms with van der Waals surface area (Å²) in [6.45, 7) is 2.53. The fourth-order valence-electron chi connectivity index (χ4n) is 2.11. The maximum absolute atomic E-state index is 5.78. The van der Waals surface area contributed by atoms with Crippen molar-refractivity contribution in [1.29, 1.82) is 0 Å². The molecule has 0 saturated carbocycles. The van der Waals surface area contributed by atoms with Gasteiger partial charge in [0.25, 0.3) is 0 Å². The van der Waals surface area contributed by atoms with Crippen molar-refractivity contribution in [2.75, 3.05) is 11.1 Å². The molecule has 0 unspecified atom stereocenters. The van der Waals surface area contributed by atoms with Crippen molar-refractivity contribution < 1.29 is 0 Å². The molecule has 20 heavy (non-hydrogen) atoms. The molecule has 3 aromatic rings. The number of aromatic nitrogens is 3. The number of benzene rings is 1. The summed E-state index contributed by atoms with van der Waals surface area (Å²) in [5.74, 6) is 0.775. The Bertz CT molecular complexity index is 754. The number of fused-ring (bicyclic) bond motifs is 1. The highest BCUT2D eigenvalue weighted by Crippen LogP contribution is 2.23. The van der Waals surface area contributed by atoms with Crippen LogP contribution in [0.3, 0.4) is 0 Å².